The van der Waals surface area contributed by atoms with Gasteiger partial charge in [0.25, 0.3) is 11.1 Å². The number of ether oxygens (including phenoxy) is 2. The average Bonchev–Trinajstić information content (AvgIpc) is 3.44. The topological polar surface area (TPSA) is 86.0 Å². The molecule has 0 radical (unpaired) electrons. The van der Waals surface area contributed by atoms with Crippen LogP contribution in [0, 0.1) is 6.92 Å². The lowest BCUT2D eigenvalue weighted by Gasteiger charge is -2.13. The summed E-state index contributed by atoms with van der Waals surface area (Å²) in [7, 11) is 0. The van der Waals surface area contributed by atoms with E-state index in [9.17, 15) is 14.4 Å². The molecule has 1 aliphatic rings. The molecule has 2 aromatic carbocycles. The summed E-state index contributed by atoms with van der Waals surface area (Å²) >= 11 is 0.875. The summed E-state index contributed by atoms with van der Waals surface area (Å²) in [6.07, 6.45) is 3.36. The summed E-state index contributed by atoms with van der Waals surface area (Å²) in [6.45, 7) is 4.78. The van der Waals surface area contributed by atoms with Crippen LogP contribution in [0.15, 0.2) is 70.0 Å². The molecule has 0 bridgehead atoms. The fourth-order valence-corrected chi connectivity index (χ4v) is 4.38. The number of imide groups is 1. The van der Waals surface area contributed by atoms with E-state index in [-0.39, 0.29) is 30.3 Å². The molecule has 3 aromatic rings. The second kappa shape index (κ2) is 11.8. The first-order chi connectivity index (χ1) is 17.4. The molecule has 0 aliphatic carbocycles. The van der Waals surface area contributed by atoms with E-state index in [0.717, 1.165) is 35.7 Å². The zero-order valence-corrected chi connectivity index (χ0v) is 21.0. The number of esters is 1. The summed E-state index contributed by atoms with van der Waals surface area (Å²) in [5.74, 6) is 1.01. The van der Waals surface area contributed by atoms with Crippen molar-refractivity contribution in [2.45, 2.75) is 26.7 Å². The number of aryl methyl sites for hydroxylation is 1. The predicted molar refractivity (Wildman–Crippen MR) is 139 cm³/mol. The number of hydrogen-bond acceptors (Lipinski definition) is 7. The van der Waals surface area contributed by atoms with Crippen LogP contribution in [0.25, 0.3) is 17.4 Å². The van der Waals surface area contributed by atoms with Crippen molar-refractivity contribution in [3.63, 3.8) is 0 Å². The van der Waals surface area contributed by atoms with Crippen molar-refractivity contribution in [2.75, 3.05) is 19.8 Å². The van der Waals surface area contributed by atoms with Gasteiger partial charge in [-0.2, -0.15) is 0 Å². The van der Waals surface area contributed by atoms with Crippen LogP contribution < -0.4 is 4.74 Å². The third-order valence-electron chi connectivity index (χ3n) is 5.48. The third kappa shape index (κ3) is 6.26. The smallest absolute Gasteiger partial charge is 0.338 e. The number of amides is 2. The van der Waals surface area contributed by atoms with Gasteiger partial charge in [0.05, 0.1) is 23.6 Å². The molecule has 0 unspecified atom stereocenters. The van der Waals surface area contributed by atoms with Gasteiger partial charge in [-0.3, -0.25) is 14.5 Å². The number of unbranched alkanes of at least 4 members (excludes halogenated alkanes) is 1. The Kier molecular flexibility index (Phi) is 8.28. The maximum absolute atomic E-state index is 12.8. The second-order valence-corrected chi connectivity index (χ2v) is 9.26. The Labute approximate surface area is 214 Å². The second-order valence-electron chi connectivity index (χ2n) is 8.27. The monoisotopic (exact) mass is 505 g/mol. The van der Waals surface area contributed by atoms with Crippen molar-refractivity contribution in [1.82, 2.24) is 4.90 Å². The number of thioether (sulfide) groups is 1. The molecule has 0 N–H and O–H groups in total. The Bertz CT molecular complexity index is 1280. The largest absolute Gasteiger partial charge is 0.492 e. The molecule has 4 rings (SSSR count). The van der Waals surface area contributed by atoms with Gasteiger partial charge in [0.15, 0.2) is 0 Å². The molecule has 1 saturated heterocycles. The van der Waals surface area contributed by atoms with Crippen molar-refractivity contribution >= 4 is 35.0 Å². The lowest BCUT2D eigenvalue weighted by atomic mass is 10.1. The SMILES string of the molecule is CCCCOC(=O)c1ccc(-c2ccc(/C=C3\SC(=O)N(CCOc4cccc(C)c4)C3=O)o2)cc1. The molecular weight excluding hydrogens is 478 g/mol. The van der Waals surface area contributed by atoms with E-state index in [4.69, 9.17) is 13.9 Å². The summed E-state index contributed by atoms with van der Waals surface area (Å²) in [4.78, 5) is 38.7. The average molecular weight is 506 g/mol. The molecule has 36 heavy (non-hydrogen) atoms. The van der Waals surface area contributed by atoms with E-state index >= 15 is 0 Å². The molecular formula is C28H27NO6S. The Morgan fingerprint density at radius 2 is 1.86 bits per heavy atom. The molecule has 2 amide bonds. The first kappa shape index (κ1) is 25.3. The van der Waals surface area contributed by atoms with Gasteiger partial charge in [-0.15, -0.1) is 0 Å². The standard InChI is InChI=1S/C28H27NO6S/c1-3-4-15-34-27(31)21-10-8-20(9-11-21)24-13-12-23(35-24)18-25-26(30)29(28(32)36-25)14-16-33-22-7-5-6-19(2)17-22/h5-13,17-18H,3-4,14-16H2,1-2H3/b25-18-. The van der Waals surface area contributed by atoms with Crippen molar-refractivity contribution in [3.8, 4) is 17.1 Å². The number of benzene rings is 2. The Balaban J connectivity index is 1.36. The third-order valence-corrected chi connectivity index (χ3v) is 6.39. The van der Waals surface area contributed by atoms with E-state index in [0.29, 0.717) is 34.3 Å². The van der Waals surface area contributed by atoms with Gasteiger partial charge >= 0.3 is 5.97 Å². The summed E-state index contributed by atoms with van der Waals surface area (Å²) in [5, 5.41) is -0.340. The normalized spacial score (nSPS) is 14.5. The lowest BCUT2D eigenvalue weighted by molar-refractivity contribution is -0.123. The quantitative estimate of drug-likeness (QED) is 0.181. The molecule has 186 valence electrons. The first-order valence-corrected chi connectivity index (χ1v) is 12.6. The van der Waals surface area contributed by atoms with Crippen molar-refractivity contribution < 1.29 is 28.3 Å². The Morgan fingerprint density at radius 1 is 1.06 bits per heavy atom. The molecule has 0 saturated carbocycles. The van der Waals surface area contributed by atoms with Crippen LogP contribution in [-0.4, -0.2) is 41.8 Å². The van der Waals surface area contributed by atoms with Gasteiger partial charge in [0, 0.05) is 11.6 Å². The van der Waals surface area contributed by atoms with E-state index in [2.05, 4.69) is 0 Å². The van der Waals surface area contributed by atoms with Crippen LogP contribution in [0.1, 0.15) is 41.4 Å². The van der Waals surface area contributed by atoms with Gasteiger partial charge in [0.2, 0.25) is 0 Å². The van der Waals surface area contributed by atoms with E-state index < -0.39 is 0 Å². The molecule has 0 atom stereocenters. The van der Waals surface area contributed by atoms with Gasteiger partial charge in [-0.1, -0.05) is 37.6 Å². The molecule has 8 heteroatoms. The zero-order chi connectivity index (χ0) is 25.5. The number of hydrogen-bond donors (Lipinski definition) is 0. The maximum atomic E-state index is 12.8. The fourth-order valence-electron chi connectivity index (χ4n) is 3.53. The number of nitrogens with zero attached hydrogens (tertiary/aromatic N) is 1. The highest BCUT2D eigenvalue weighted by Crippen LogP contribution is 2.33. The van der Waals surface area contributed by atoms with E-state index in [1.54, 1.807) is 42.5 Å². The molecule has 2 heterocycles. The van der Waals surface area contributed by atoms with Crippen molar-refractivity contribution in [3.05, 3.63) is 82.5 Å². The zero-order valence-electron chi connectivity index (χ0n) is 20.2. The van der Waals surface area contributed by atoms with Crippen LogP contribution in [0.2, 0.25) is 0 Å². The highest BCUT2D eigenvalue weighted by molar-refractivity contribution is 8.18. The summed E-state index contributed by atoms with van der Waals surface area (Å²) in [5.41, 5.74) is 2.32. The number of furan rings is 1. The highest BCUT2D eigenvalue weighted by Gasteiger charge is 2.35. The highest BCUT2D eigenvalue weighted by atomic mass is 32.2. The predicted octanol–water partition coefficient (Wildman–Crippen LogP) is 6.33. The molecule has 1 fully saturated rings. The number of carbonyl (C=O) groups excluding carboxylic acids is 3. The number of carbonyl (C=O) groups is 3. The van der Waals surface area contributed by atoms with Crippen molar-refractivity contribution in [1.29, 1.82) is 0 Å². The van der Waals surface area contributed by atoms with Crippen LogP contribution in [0.4, 0.5) is 4.79 Å². The minimum atomic E-state index is -0.373. The minimum Gasteiger partial charge on any atom is -0.492 e. The van der Waals surface area contributed by atoms with Crippen LogP contribution in [-0.2, 0) is 9.53 Å². The summed E-state index contributed by atoms with van der Waals surface area (Å²) in [6, 6.07) is 18.0. The molecule has 7 nitrogen and oxygen atoms in total. The fraction of sp³-hybridized carbons (Fsp3) is 0.250. The summed E-state index contributed by atoms with van der Waals surface area (Å²) < 4.78 is 16.8. The van der Waals surface area contributed by atoms with Crippen LogP contribution in [0.3, 0.4) is 0 Å². The lowest BCUT2D eigenvalue weighted by Crippen LogP contribution is -2.32. The minimum absolute atomic E-state index is 0.159. The molecule has 0 spiro atoms. The van der Waals surface area contributed by atoms with Gasteiger partial charge in [-0.05, 0) is 67.1 Å². The van der Waals surface area contributed by atoms with Crippen LogP contribution in [0.5, 0.6) is 5.75 Å². The molecule has 1 aromatic heterocycles. The molecule has 1 aliphatic heterocycles. The Morgan fingerprint density at radius 3 is 2.61 bits per heavy atom. The van der Waals surface area contributed by atoms with Gasteiger partial charge < -0.3 is 13.9 Å². The number of rotatable bonds is 10. The van der Waals surface area contributed by atoms with E-state index in [1.807, 2.05) is 38.1 Å². The Hall–Kier alpha value is -3.78. The first-order valence-electron chi connectivity index (χ1n) is 11.8. The van der Waals surface area contributed by atoms with Crippen molar-refractivity contribution in [2.24, 2.45) is 0 Å². The van der Waals surface area contributed by atoms with Gasteiger partial charge in [0.1, 0.15) is 23.9 Å². The van der Waals surface area contributed by atoms with Gasteiger partial charge in [-0.25, -0.2) is 4.79 Å². The van der Waals surface area contributed by atoms with Crippen LogP contribution >= 0.6 is 11.8 Å². The maximum Gasteiger partial charge on any atom is 0.338 e. The van der Waals surface area contributed by atoms with E-state index in [1.165, 1.54) is 4.90 Å².